The quantitative estimate of drug-likeness (QED) is 0.635. The minimum Gasteiger partial charge on any atom is -0.355 e. The van der Waals surface area contributed by atoms with E-state index in [4.69, 9.17) is 5.73 Å². The molecule has 1 aliphatic rings. The van der Waals surface area contributed by atoms with Gasteiger partial charge in [-0.1, -0.05) is 0 Å². The second-order valence-corrected chi connectivity index (χ2v) is 4.28. The molecule has 0 atom stereocenters. The predicted octanol–water partition coefficient (Wildman–Crippen LogP) is -0.680. The molecular formula is C10H19N3O2. The summed E-state index contributed by atoms with van der Waals surface area (Å²) in [6, 6.07) is 0. The zero-order chi connectivity index (χ0) is 11.5. The van der Waals surface area contributed by atoms with Crippen LogP contribution in [0, 0.1) is 5.41 Å². The Balaban J connectivity index is 2.21. The van der Waals surface area contributed by atoms with Crippen LogP contribution in [-0.4, -0.2) is 43.9 Å². The van der Waals surface area contributed by atoms with Gasteiger partial charge >= 0.3 is 0 Å². The van der Waals surface area contributed by atoms with Crippen LogP contribution >= 0.6 is 0 Å². The molecule has 5 nitrogen and oxygen atoms in total. The van der Waals surface area contributed by atoms with Crippen molar-refractivity contribution in [2.24, 2.45) is 11.1 Å². The molecule has 0 aromatic carbocycles. The first-order chi connectivity index (χ1) is 7.02. The topological polar surface area (TPSA) is 75.4 Å². The summed E-state index contributed by atoms with van der Waals surface area (Å²) in [6.45, 7) is 0.804. The van der Waals surface area contributed by atoms with E-state index >= 15 is 0 Å². The van der Waals surface area contributed by atoms with Crippen LogP contribution in [0.4, 0.5) is 0 Å². The lowest BCUT2D eigenvalue weighted by molar-refractivity contribution is -0.129. The van der Waals surface area contributed by atoms with Crippen molar-refractivity contribution in [3.63, 3.8) is 0 Å². The number of hydrogen-bond donors (Lipinski definition) is 2. The summed E-state index contributed by atoms with van der Waals surface area (Å²) in [4.78, 5) is 24.3. The van der Waals surface area contributed by atoms with Crippen molar-refractivity contribution in [2.45, 2.75) is 19.3 Å². The second kappa shape index (κ2) is 4.61. The van der Waals surface area contributed by atoms with E-state index in [1.165, 1.54) is 4.90 Å². The normalized spacial score (nSPS) is 17.0. The molecule has 0 radical (unpaired) electrons. The molecule has 0 heterocycles. The van der Waals surface area contributed by atoms with Crippen molar-refractivity contribution in [3.8, 4) is 0 Å². The number of hydrogen-bond acceptors (Lipinski definition) is 3. The van der Waals surface area contributed by atoms with Crippen LogP contribution in [0.1, 0.15) is 19.3 Å². The SMILES string of the molecule is CN(C)C(=O)CCNC(=O)C1(CN)CC1. The highest BCUT2D eigenvalue weighted by Gasteiger charge is 2.48. The van der Waals surface area contributed by atoms with E-state index < -0.39 is 0 Å². The summed E-state index contributed by atoms with van der Waals surface area (Å²) >= 11 is 0. The summed E-state index contributed by atoms with van der Waals surface area (Å²) in [6.07, 6.45) is 2.09. The predicted molar refractivity (Wildman–Crippen MR) is 57.0 cm³/mol. The molecule has 5 heteroatoms. The molecule has 1 aliphatic carbocycles. The number of nitrogens with zero attached hydrogens (tertiary/aromatic N) is 1. The standard InChI is InChI=1S/C10H19N3O2/c1-13(2)8(14)3-6-12-9(15)10(7-11)4-5-10/h3-7,11H2,1-2H3,(H,12,15). The first kappa shape index (κ1) is 12.0. The smallest absolute Gasteiger partial charge is 0.227 e. The Morgan fingerprint density at radius 1 is 1.40 bits per heavy atom. The molecule has 3 N–H and O–H groups in total. The van der Waals surface area contributed by atoms with Crippen LogP contribution in [-0.2, 0) is 9.59 Å². The number of nitrogens with two attached hydrogens (primary N) is 1. The molecule has 2 amide bonds. The maximum absolute atomic E-state index is 11.6. The van der Waals surface area contributed by atoms with E-state index in [1.807, 2.05) is 0 Å². The average molecular weight is 213 g/mol. The molecule has 0 aromatic heterocycles. The van der Waals surface area contributed by atoms with Gasteiger partial charge in [0.25, 0.3) is 0 Å². The van der Waals surface area contributed by atoms with Crippen molar-refractivity contribution in [3.05, 3.63) is 0 Å². The Kier molecular flexibility index (Phi) is 3.68. The number of nitrogens with one attached hydrogen (secondary N) is 1. The van der Waals surface area contributed by atoms with Crippen LogP contribution in [0.5, 0.6) is 0 Å². The summed E-state index contributed by atoms with van der Waals surface area (Å²) in [7, 11) is 3.40. The van der Waals surface area contributed by atoms with Gasteiger partial charge in [0, 0.05) is 33.6 Å². The van der Waals surface area contributed by atoms with Crippen molar-refractivity contribution in [1.29, 1.82) is 0 Å². The molecular weight excluding hydrogens is 194 g/mol. The molecule has 0 bridgehead atoms. The van der Waals surface area contributed by atoms with E-state index in [-0.39, 0.29) is 17.2 Å². The van der Waals surface area contributed by atoms with Crippen molar-refractivity contribution in [2.75, 3.05) is 27.2 Å². The van der Waals surface area contributed by atoms with Crippen LogP contribution < -0.4 is 11.1 Å². The first-order valence-electron chi connectivity index (χ1n) is 5.20. The van der Waals surface area contributed by atoms with Gasteiger partial charge in [0.15, 0.2) is 0 Å². The van der Waals surface area contributed by atoms with Gasteiger partial charge in [0.2, 0.25) is 11.8 Å². The highest BCUT2D eigenvalue weighted by molar-refractivity contribution is 5.86. The molecule has 1 rings (SSSR count). The molecule has 0 aliphatic heterocycles. The number of carbonyl (C=O) groups is 2. The fourth-order valence-corrected chi connectivity index (χ4v) is 1.37. The monoisotopic (exact) mass is 213 g/mol. The van der Waals surface area contributed by atoms with E-state index in [9.17, 15) is 9.59 Å². The Morgan fingerprint density at radius 2 is 2.00 bits per heavy atom. The lowest BCUT2D eigenvalue weighted by Crippen LogP contribution is -2.38. The lowest BCUT2D eigenvalue weighted by Gasteiger charge is -2.14. The van der Waals surface area contributed by atoms with Gasteiger partial charge in [-0.05, 0) is 12.8 Å². The lowest BCUT2D eigenvalue weighted by atomic mass is 10.1. The fraction of sp³-hybridized carbons (Fsp3) is 0.800. The van der Waals surface area contributed by atoms with Gasteiger partial charge in [0.05, 0.1) is 5.41 Å². The van der Waals surface area contributed by atoms with Crippen LogP contribution in [0.15, 0.2) is 0 Å². The Labute approximate surface area is 90.0 Å². The van der Waals surface area contributed by atoms with E-state index in [1.54, 1.807) is 14.1 Å². The maximum Gasteiger partial charge on any atom is 0.227 e. The maximum atomic E-state index is 11.6. The molecule has 1 saturated carbocycles. The van der Waals surface area contributed by atoms with Gasteiger partial charge in [-0.25, -0.2) is 0 Å². The minimum absolute atomic E-state index is 0.00319. The summed E-state index contributed by atoms with van der Waals surface area (Å²) < 4.78 is 0. The molecule has 15 heavy (non-hydrogen) atoms. The minimum atomic E-state index is -0.318. The van der Waals surface area contributed by atoms with Crippen molar-refractivity contribution in [1.82, 2.24) is 10.2 Å². The third-order valence-electron chi connectivity index (χ3n) is 2.85. The van der Waals surface area contributed by atoms with Crippen LogP contribution in [0.25, 0.3) is 0 Å². The third-order valence-corrected chi connectivity index (χ3v) is 2.85. The first-order valence-corrected chi connectivity index (χ1v) is 5.20. The average Bonchev–Trinajstić information content (AvgIpc) is 2.97. The van der Waals surface area contributed by atoms with Crippen molar-refractivity contribution >= 4 is 11.8 Å². The van der Waals surface area contributed by atoms with Gasteiger partial charge in [-0.2, -0.15) is 0 Å². The highest BCUT2D eigenvalue weighted by atomic mass is 16.2. The van der Waals surface area contributed by atoms with E-state index in [0.29, 0.717) is 19.5 Å². The Morgan fingerprint density at radius 3 is 2.40 bits per heavy atom. The van der Waals surface area contributed by atoms with Gasteiger partial charge < -0.3 is 16.0 Å². The van der Waals surface area contributed by atoms with Crippen molar-refractivity contribution < 1.29 is 9.59 Å². The molecule has 0 saturated heterocycles. The van der Waals surface area contributed by atoms with Gasteiger partial charge in [-0.3, -0.25) is 9.59 Å². The summed E-state index contributed by atoms with van der Waals surface area (Å²) in [5.41, 5.74) is 5.20. The van der Waals surface area contributed by atoms with Gasteiger partial charge in [0.1, 0.15) is 0 Å². The summed E-state index contributed by atoms with van der Waals surface area (Å²) in [5, 5.41) is 2.76. The van der Waals surface area contributed by atoms with Gasteiger partial charge in [-0.15, -0.1) is 0 Å². The summed E-state index contributed by atoms with van der Waals surface area (Å²) in [5.74, 6) is 0.0180. The molecule has 0 unspecified atom stereocenters. The largest absolute Gasteiger partial charge is 0.355 e. The zero-order valence-electron chi connectivity index (χ0n) is 9.38. The third kappa shape index (κ3) is 2.92. The number of amides is 2. The Bertz CT molecular complexity index is 259. The fourth-order valence-electron chi connectivity index (χ4n) is 1.37. The number of rotatable bonds is 5. The van der Waals surface area contributed by atoms with E-state index in [2.05, 4.69) is 5.32 Å². The van der Waals surface area contributed by atoms with Crippen LogP contribution in [0.2, 0.25) is 0 Å². The number of carbonyl (C=O) groups excluding carboxylic acids is 2. The molecule has 0 aromatic rings. The molecule has 86 valence electrons. The molecule has 0 spiro atoms. The second-order valence-electron chi connectivity index (χ2n) is 4.28. The van der Waals surface area contributed by atoms with Crippen LogP contribution in [0.3, 0.4) is 0 Å². The van der Waals surface area contributed by atoms with E-state index in [0.717, 1.165) is 12.8 Å². The Hall–Kier alpha value is -1.10. The zero-order valence-corrected chi connectivity index (χ0v) is 9.38. The highest BCUT2D eigenvalue weighted by Crippen LogP contribution is 2.44. The molecule has 1 fully saturated rings.